The van der Waals surface area contributed by atoms with Gasteiger partial charge in [-0.25, -0.2) is 0 Å². The number of rotatable bonds is 2. The van der Waals surface area contributed by atoms with Gasteiger partial charge in [0.2, 0.25) is 0 Å². The molecule has 52 valence electrons. The van der Waals surface area contributed by atoms with Gasteiger partial charge in [-0.1, -0.05) is 19.1 Å². The van der Waals surface area contributed by atoms with Gasteiger partial charge >= 0.3 is 0 Å². The number of nitrogens with zero attached hydrogens (tertiary/aromatic N) is 3. The van der Waals surface area contributed by atoms with Crippen LogP contribution in [0.1, 0.15) is 20.8 Å². The molecule has 0 aromatic rings. The summed E-state index contributed by atoms with van der Waals surface area (Å²) in [6.45, 7) is 5.95. The standard InChI is InChI=1S/C5H12N4/c1-4(2)5(3)7-9-8-6/h4H,1-3H3,(H2,6,9)/b7-5+. The van der Waals surface area contributed by atoms with Crippen LogP contribution in [0.2, 0.25) is 0 Å². The highest BCUT2D eigenvalue weighted by molar-refractivity contribution is 5.83. The van der Waals surface area contributed by atoms with Crippen LogP contribution in [0.4, 0.5) is 0 Å². The Labute approximate surface area is 54.8 Å². The zero-order chi connectivity index (χ0) is 7.28. The lowest BCUT2D eigenvalue weighted by atomic mass is 10.1. The second kappa shape index (κ2) is 4.00. The maximum atomic E-state index is 4.73. The Morgan fingerprint density at radius 1 is 1.44 bits per heavy atom. The van der Waals surface area contributed by atoms with Crippen LogP contribution in [0, 0.1) is 5.92 Å². The van der Waals surface area contributed by atoms with Crippen molar-refractivity contribution in [3.63, 3.8) is 0 Å². The molecule has 0 fully saturated rings. The molecule has 0 aromatic heterocycles. The lowest BCUT2D eigenvalue weighted by Crippen LogP contribution is -2.00. The molecule has 0 aromatic carbocycles. The van der Waals surface area contributed by atoms with Crippen molar-refractivity contribution in [2.75, 3.05) is 0 Å². The monoisotopic (exact) mass is 128 g/mol. The minimum absolute atomic E-state index is 0.412. The Morgan fingerprint density at radius 2 is 2.00 bits per heavy atom. The van der Waals surface area contributed by atoms with Crippen LogP contribution in [0.3, 0.4) is 0 Å². The Bertz CT molecular complexity index is 125. The lowest BCUT2D eigenvalue weighted by Gasteiger charge is -1.97. The Morgan fingerprint density at radius 3 is 2.33 bits per heavy atom. The largest absolute Gasteiger partial charge is 0.303 e. The van der Waals surface area contributed by atoms with E-state index < -0.39 is 0 Å². The second-order valence-corrected chi connectivity index (χ2v) is 2.10. The first-order valence-corrected chi connectivity index (χ1v) is 2.83. The molecule has 0 unspecified atom stereocenters. The average molecular weight is 128 g/mol. The van der Waals surface area contributed by atoms with Crippen molar-refractivity contribution in [2.45, 2.75) is 20.8 Å². The minimum Gasteiger partial charge on any atom is -0.303 e. The van der Waals surface area contributed by atoms with Gasteiger partial charge in [-0.2, -0.15) is 0 Å². The molecule has 0 aliphatic heterocycles. The Hall–Kier alpha value is -0.930. The summed E-state index contributed by atoms with van der Waals surface area (Å²) >= 11 is 0. The SMILES string of the molecule is C/C(=N\N=N/N)C(C)C. The van der Waals surface area contributed by atoms with E-state index in [9.17, 15) is 0 Å². The molecule has 2 N–H and O–H groups in total. The number of hydrogen-bond acceptors (Lipinski definition) is 2. The number of nitrogens with two attached hydrogens (primary N) is 1. The lowest BCUT2D eigenvalue weighted by molar-refractivity contribution is 0.851. The van der Waals surface area contributed by atoms with Gasteiger partial charge in [-0.05, 0) is 18.1 Å². The van der Waals surface area contributed by atoms with Crippen LogP contribution in [-0.2, 0) is 0 Å². The van der Waals surface area contributed by atoms with E-state index in [2.05, 4.69) is 15.5 Å². The molecule has 0 aliphatic rings. The zero-order valence-corrected chi connectivity index (χ0v) is 6.00. The van der Waals surface area contributed by atoms with Gasteiger partial charge in [-0.3, -0.25) is 0 Å². The van der Waals surface area contributed by atoms with Gasteiger partial charge in [0.1, 0.15) is 0 Å². The fourth-order valence-electron chi connectivity index (χ4n) is 0.212. The summed E-state index contributed by atoms with van der Waals surface area (Å²) in [5.41, 5.74) is 0.934. The van der Waals surface area contributed by atoms with Crippen molar-refractivity contribution in [1.82, 2.24) is 0 Å². The Kier molecular flexibility index (Phi) is 3.59. The maximum absolute atomic E-state index is 4.73. The highest BCUT2D eigenvalue weighted by atomic mass is 15.5. The maximum Gasteiger partial charge on any atom is 0.0419 e. The van der Waals surface area contributed by atoms with E-state index >= 15 is 0 Å². The predicted octanol–water partition coefficient (Wildman–Crippen LogP) is 1.34. The molecule has 9 heavy (non-hydrogen) atoms. The van der Waals surface area contributed by atoms with Crippen molar-refractivity contribution in [3.8, 4) is 0 Å². The summed E-state index contributed by atoms with van der Waals surface area (Å²) in [5.74, 6) is 5.14. The van der Waals surface area contributed by atoms with Gasteiger partial charge in [0.15, 0.2) is 0 Å². The first-order chi connectivity index (χ1) is 4.18. The fraction of sp³-hybridized carbons (Fsp3) is 0.800. The third-order valence-corrected chi connectivity index (χ3v) is 1.09. The summed E-state index contributed by atoms with van der Waals surface area (Å²) in [5, 5.41) is 9.97. The van der Waals surface area contributed by atoms with Crippen molar-refractivity contribution in [1.29, 1.82) is 0 Å². The van der Waals surface area contributed by atoms with Crippen molar-refractivity contribution < 1.29 is 0 Å². The quantitative estimate of drug-likeness (QED) is 0.259. The van der Waals surface area contributed by atoms with Crippen LogP contribution in [0.5, 0.6) is 0 Å². The van der Waals surface area contributed by atoms with Crippen LogP contribution in [0.15, 0.2) is 15.5 Å². The normalized spacial score (nSPS) is 13.6. The minimum atomic E-state index is 0.412. The van der Waals surface area contributed by atoms with E-state index in [-0.39, 0.29) is 0 Å². The van der Waals surface area contributed by atoms with Crippen molar-refractivity contribution in [3.05, 3.63) is 0 Å². The molecule has 0 saturated carbocycles. The zero-order valence-electron chi connectivity index (χ0n) is 6.00. The van der Waals surface area contributed by atoms with Gasteiger partial charge < -0.3 is 5.84 Å². The van der Waals surface area contributed by atoms with E-state index in [1.165, 1.54) is 0 Å². The molecule has 0 atom stereocenters. The highest BCUT2D eigenvalue weighted by Crippen LogP contribution is 1.95. The van der Waals surface area contributed by atoms with Crippen LogP contribution in [-0.4, -0.2) is 5.71 Å². The van der Waals surface area contributed by atoms with E-state index in [0.29, 0.717) is 5.92 Å². The molecule has 0 radical (unpaired) electrons. The van der Waals surface area contributed by atoms with E-state index in [0.717, 1.165) is 5.71 Å². The van der Waals surface area contributed by atoms with Gasteiger partial charge in [0.25, 0.3) is 0 Å². The topological polar surface area (TPSA) is 63.1 Å². The molecule has 0 amide bonds. The first-order valence-electron chi connectivity index (χ1n) is 2.83. The molecule has 0 spiro atoms. The molecule has 0 bridgehead atoms. The summed E-state index contributed by atoms with van der Waals surface area (Å²) in [4.78, 5) is 0. The molecular weight excluding hydrogens is 116 g/mol. The molecule has 0 aliphatic carbocycles. The predicted molar refractivity (Wildman–Crippen MR) is 37.0 cm³/mol. The van der Waals surface area contributed by atoms with E-state index in [1.807, 2.05) is 20.8 Å². The summed E-state index contributed by atoms with van der Waals surface area (Å²) in [7, 11) is 0. The van der Waals surface area contributed by atoms with Gasteiger partial charge in [0, 0.05) is 5.71 Å². The third-order valence-electron chi connectivity index (χ3n) is 1.09. The van der Waals surface area contributed by atoms with Gasteiger partial charge in [-0.15, -0.1) is 5.10 Å². The van der Waals surface area contributed by atoms with Gasteiger partial charge in [0.05, 0.1) is 0 Å². The summed E-state index contributed by atoms with van der Waals surface area (Å²) in [6.07, 6.45) is 0. The van der Waals surface area contributed by atoms with Crippen molar-refractivity contribution >= 4 is 5.71 Å². The van der Waals surface area contributed by atoms with Crippen molar-refractivity contribution in [2.24, 2.45) is 27.3 Å². The average Bonchev–Trinajstić information content (AvgIpc) is 1.82. The van der Waals surface area contributed by atoms with E-state index in [4.69, 9.17) is 5.84 Å². The summed E-state index contributed by atoms with van der Waals surface area (Å²) in [6, 6.07) is 0. The molecule has 4 heteroatoms. The molecule has 0 heterocycles. The summed E-state index contributed by atoms with van der Waals surface area (Å²) < 4.78 is 0. The van der Waals surface area contributed by atoms with Crippen LogP contribution < -0.4 is 5.84 Å². The molecular formula is C5H12N4. The third kappa shape index (κ3) is 3.64. The van der Waals surface area contributed by atoms with Crippen LogP contribution in [0.25, 0.3) is 0 Å². The molecule has 0 rings (SSSR count). The van der Waals surface area contributed by atoms with Crippen LogP contribution >= 0.6 is 0 Å². The Balaban J connectivity index is 3.84. The fourth-order valence-corrected chi connectivity index (χ4v) is 0.212. The smallest absolute Gasteiger partial charge is 0.0419 e. The highest BCUT2D eigenvalue weighted by Gasteiger charge is 1.95. The molecule has 4 nitrogen and oxygen atoms in total. The number of hydrogen-bond donors (Lipinski definition) is 1. The van der Waals surface area contributed by atoms with E-state index in [1.54, 1.807) is 0 Å². The first kappa shape index (κ1) is 8.07. The second-order valence-electron chi connectivity index (χ2n) is 2.10. The molecule has 0 saturated heterocycles.